The van der Waals surface area contributed by atoms with E-state index in [2.05, 4.69) is 102 Å². The molecule has 0 spiro atoms. The summed E-state index contributed by atoms with van der Waals surface area (Å²) in [5.41, 5.74) is 10.4. The zero-order chi connectivity index (χ0) is 30.7. The van der Waals surface area contributed by atoms with Crippen LogP contribution in [-0.4, -0.2) is 23.8 Å². The van der Waals surface area contributed by atoms with Crippen molar-refractivity contribution in [3.05, 3.63) is 126 Å². The van der Waals surface area contributed by atoms with E-state index >= 15 is 0 Å². The average molecular weight is 787 g/mol. The van der Waals surface area contributed by atoms with Gasteiger partial charge in [-0.05, 0) is 60.9 Å². The predicted molar refractivity (Wildman–Crippen MR) is 184 cm³/mol. The molecule has 47 heavy (non-hydrogen) atoms. The molecular formula is C40H25N5OPt. The number of fused-ring (bicyclic) bond motifs is 12. The Bertz CT molecular complexity index is 2860. The first-order valence-corrected chi connectivity index (χ1v) is 15.4. The maximum Gasteiger partial charge on any atom is 2.00 e. The second kappa shape index (κ2) is 10.1. The summed E-state index contributed by atoms with van der Waals surface area (Å²) in [6.45, 7) is 6.43. The molecule has 0 radical (unpaired) electrons. The van der Waals surface area contributed by atoms with Gasteiger partial charge >= 0.3 is 21.1 Å². The Morgan fingerprint density at radius 1 is 0.638 bits per heavy atom. The van der Waals surface area contributed by atoms with Crippen LogP contribution in [0.3, 0.4) is 0 Å². The molecule has 10 rings (SSSR count). The van der Waals surface area contributed by atoms with E-state index in [1.54, 1.807) is 0 Å². The molecule has 226 valence electrons. The molecule has 0 aliphatic carbocycles. The Kier molecular flexibility index (Phi) is 6.00. The summed E-state index contributed by atoms with van der Waals surface area (Å²) >= 11 is 0. The molecule has 4 aromatic carbocycles. The van der Waals surface area contributed by atoms with Crippen LogP contribution >= 0.6 is 0 Å². The zero-order valence-electron chi connectivity index (χ0n) is 25.7. The normalized spacial score (nSPS) is 12.0. The van der Waals surface area contributed by atoms with Gasteiger partial charge in [0.25, 0.3) is 0 Å². The summed E-state index contributed by atoms with van der Waals surface area (Å²) in [6, 6.07) is 34.3. The molecule has 6 heterocycles. The number of para-hydroxylation sites is 1. The van der Waals surface area contributed by atoms with E-state index in [9.17, 15) is 0 Å². The molecule has 0 bridgehead atoms. The van der Waals surface area contributed by atoms with Gasteiger partial charge in [0.05, 0.1) is 11.3 Å². The smallest absolute Gasteiger partial charge is 0.503 e. The number of ether oxygens (including phenoxy) is 1. The van der Waals surface area contributed by atoms with E-state index in [0.29, 0.717) is 11.5 Å². The SMILES string of the molecule is Cc1cc(C)c(-c2cn3c(n2)c2[c-]c(Oc4[c-]c5c(cc4)c4cccc6c7cccnc7n5c46)ccc2c2cccnc23)c(C)c1.[Pt+2]. The van der Waals surface area contributed by atoms with E-state index in [1.807, 2.05) is 36.7 Å². The number of hydrogen-bond donors (Lipinski definition) is 0. The minimum Gasteiger partial charge on any atom is -0.503 e. The molecule has 0 N–H and O–H groups in total. The quantitative estimate of drug-likeness (QED) is 0.132. The molecule has 0 aliphatic rings. The summed E-state index contributed by atoms with van der Waals surface area (Å²) in [5, 5.41) is 7.57. The third-order valence-electron chi connectivity index (χ3n) is 9.27. The number of rotatable bonds is 3. The second-order valence-electron chi connectivity index (χ2n) is 12.2. The van der Waals surface area contributed by atoms with Gasteiger partial charge in [-0.2, -0.15) is 6.07 Å². The molecule has 0 unspecified atom stereocenters. The van der Waals surface area contributed by atoms with Gasteiger partial charge in [-0.25, -0.2) is 9.97 Å². The van der Waals surface area contributed by atoms with Crippen LogP contribution in [0.5, 0.6) is 11.5 Å². The standard InChI is InChI=1S/C40H25N5O.Pt/c1-22-17-23(2)36(24(3)18-22)34-21-44-38-31(9-5-15-41-38)27-13-11-25(19-33(27)40(44)43-34)46-26-12-14-28-29-7-4-8-30-32-10-6-16-42-39(32)45(37(29)30)35(28)20-26;/h4-18,21H,1-3H3;/q-2;+2. The molecule has 0 saturated carbocycles. The van der Waals surface area contributed by atoms with Crippen LogP contribution in [-0.2, 0) is 21.1 Å². The Hall–Kier alpha value is -5.32. The van der Waals surface area contributed by atoms with Crippen molar-refractivity contribution < 1.29 is 25.8 Å². The van der Waals surface area contributed by atoms with Crippen molar-refractivity contribution in [3.63, 3.8) is 0 Å². The predicted octanol–water partition coefficient (Wildman–Crippen LogP) is 9.56. The van der Waals surface area contributed by atoms with Crippen LogP contribution in [0.1, 0.15) is 16.7 Å². The van der Waals surface area contributed by atoms with Crippen molar-refractivity contribution >= 4 is 65.7 Å². The Morgan fingerprint density at radius 3 is 2.04 bits per heavy atom. The first kappa shape index (κ1) is 27.9. The number of benzene rings is 4. The van der Waals surface area contributed by atoms with Crippen molar-refractivity contribution in [2.45, 2.75) is 20.8 Å². The molecule has 0 aliphatic heterocycles. The van der Waals surface area contributed by atoms with E-state index in [1.165, 1.54) is 27.5 Å². The zero-order valence-corrected chi connectivity index (χ0v) is 28.0. The largest absolute Gasteiger partial charge is 2.00 e. The molecule has 7 heteroatoms. The van der Waals surface area contributed by atoms with E-state index < -0.39 is 0 Å². The Labute approximate surface area is 283 Å². The summed E-state index contributed by atoms with van der Waals surface area (Å²) in [6.07, 6.45) is 5.77. The fourth-order valence-corrected chi connectivity index (χ4v) is 7.52. The summed E-state index contributed by atoms with van der Waals surface area (Å²) in [5.74, 6) is 1.21. The van der Waals surface area contributed by atoms with E-state index in [4.69, 9.17) is 19.7 Å². The second-order valence-corrected chi connectivity index (χ2v) is 12.2. The topological polar surface area (TPSA) is 56.7 Å². The fourth-order valence-electron chi connectivity index (χ4n) is 7.52. The number of aryl methyl sites for hydroxylation is 3. The van der Waals surface area contributed by atoms with E-state index in [0.717, 1.165) is 66.2 Å². The number of imidazole rings is 1. The van der Waals surface area contributed by atoms with Crippen LogP contribution in [0.25, 0.3) is 76.9 Å². The Morgan fingerprint density at radius 2 is 1.28 bits per heavy atom. The van der Waals surface area contributed by atoms with Crippen molar-refractivity contribution in [1.29, 1.82) is 0 Å². The maximum absolute atomic E-state index is 6.50. The van der Waals surface area contributed by atoms with Crippen LogP contribution in [0, 0.1) is 32.9 Å². The average Bonchev–Trinajstić information content (AvgIpc) is 3.74. The van der Waals surface area contributed by atoms with Gasteiger partial charge in [-0.1, -0.05) is 64.3 Å². The van der Waals surface area contributed by atoms with Gasteiger partial charge in [-0.15, -0.1) is 29.7 Å². The molecule has 0 saturated heterocycles. The summed E-state index contributed by atoms with van der Waals surface area (Å²) < 4.78 is 10.8. The number of nitrogens with zero attached hydrogens (tertiary/aromatic N) is 5. The van der Waals surface area contributed by atoms with Crippen molar-refractivity contribution in [1.82, 2.24) is 23.8 Å². The maximum atomic E-state index is 6.50. The molecule has 10 aromatic rings. The van der Waals surface area contributed by atoms with Crippen molar-refractivity contribution in [2.24, 2.45) is 0 Å². The number of pyridine rings is 3. The molecule has 6 aromatic heterocycles. The van der Waals surface area contributed by atoms with Crippen LogP contribution in [0.15, 0.2) is 97.5 Å². The minimum absolute atomic E-state index is 0. The van der Waals surface area contributed by atoms with Gasteiger partial charge in [0.15, 0.2) is 0 Å². The molecule has 6 nitrogen and oxygen atoms in total. The first-order valence-electron chi connectivity index (χ1n) is 15.4. The Balaban J connectivity index is 0.00000302. The third-order valence-corrected chi connectivity index (χ3v) is 9.27. The third kappa shape index (κ3) is 3.91. The van der Waals surface area contributed by atoms with Crippen LogP contribution in [0.2, 0.25) is 0 Å². The van der Waals surface area contributed by atoms with Gasteiger partial charge < -0.3 is 13.5 Å². The van der Waals surface area contributed by atoms with Gasteiger partial charge in [0, 0.05) is 51.9 Å². The van der Waals surface area contributed by atoms with E-state index in [-0.39, 0.29) is 21.1 Å². The first-order chi connectivity index (χ1) is 22.5. The van der Waals surface area contributed by atoms with Crippen LogP contribution < -0.4 is 4.74 Å². The monoisotopic (exact) mass is 786 g/mol. The fraction of sp³-hybridized carbons (Fsp3) is 0.0750. The molecule has 0 atom stereocenters. The van der Waals surface area contributed by atoms with Gasteiger partial charge in [0.1, 0.15) is 11.3 Å². The van der Waals surface area contributed by atoms with Crippen molar-refractivity contribution in [3.8, 4) is 22.8 Å². The molecule has 0 fully saturated rings. The number of aromatic nitrogens is 5. The van der Waals surface area contributed by atoms with Gasteiger partial charge in [-0.3, -0.25) is 4.98 Å². The summed E-state index contributed by atoms with van der Waals surface area (Å²) in [4.78, 5) is 14.7. The molecular weight excluding hydrogens is 762 g/mol. The molecule has 0 amide bonds. The van der Waals surface area contributed by atoms with Crippen LogP contribution in [0.4, 0.5) is 0 Å². The number of hydrogen-bond acceptors (Lipinski definition) is 4. The minimum atomic E-state index is 0. The van der Waals surface area contributed by atoms with Crippen molar-refractivity contribution in [2.75, 3.05) is 0 Å². The summed E-state index contributed by atoms with van der Waals surface area (Å²) in [7, 11) is 0. The van der Waals surface area contributed by atoms with Gasteiger partial charge in [0.2, 0.25) is 0 Å².